The van der Waals surface area contributed by atoms with E-state index in [2.05, 4.69) is 5.32 Å². The lowest BCUT2D eigenvalue weighted by Gasteiger charge is -2.10. The molecule has 5 nitrogen and oxygen atoms in total. The molecule has 0 heterocycles. The van der Waals surface area contributed by atoms with Gasteiger partial charge in [0.1, 0.15) is 0 Å². The summed E-state index contributed by atoms with van der Waals surface area (Å²) in [6.07, 6.45) is 1.81. The topological polar surface area (TPSA) is 98.2 Å². The van der Waals surface area contributed by atoms with Crippen molar-refractivity contribution in [1.82, 2.24) is 0 Å². The lowest BCUT2D eigenvalue weighted by atomic mass is 10.2. The number of primary amides is 1. The molecule has 0 radical (unpaired) electrons. The van der Waals surface area contributed by atoms with Crippen LogP contribution >= 0.6 is 24.2 Å². The molecule has 0 bridgehead atoms. The maximum absolute atomic E-state index is 11.6. The number of amides is 2. The summed E-state index contributed by atoms with van der Waals surface area (Å²) in [5.74, 6) is -1.01. The molecule has 1 unspecified atom stereocenters. The Balaban J connectivity index is 0.00000289. The maximum Gasteiger partial charge on any atom is 0.241 e. The van der Waals surface area contributed by atoms with Crippen LogP contribution in [0.5, 0.6) is 0 Å². The Morgan fingerprint density at radius 3 is 2.33 bits per heavy atom. The standard InChI is InChI=1S/C11H15N3O2S.ClH/c1-17-8-4-2-7(3-5-8)14-11(16)9(12)6-10(13)15;/h2-5,9H,6,12H2,1H3,(H2,13,15)(H,14,16);1H. The van der Waals surface area contributed by atoms with E-state index in [4.69, 9.17) is 11.5 Å². The van der Waals surface area contributed by atoms with Gasteiger partial charge in [-0.2, -0.15) is 0 Å². The Morgan fingerprint density at radius 1 is 1.33 bits per heavy atom. The van der Waals surface area contributed by atoms with Gasteiger partial charge in [0.2, 0.25) is 11.8 Å². The van der Waals surface area contributed by atoms with Gasteiger partial charge in [0, 0.05) is 10.6 Å². The van der Waals surface area contributed by atoms with Crippen LogP contribution in [0.1, 0.15) is 6.42 Å². The largest absolute Gasteiger partial charge is 0.370 e. The van der Waals surface area contributed by atoms with Crippen LogP contribution in [0, 0.1) is 0 Å². The molecule has 18 heavy (non-hydrogen) atoms. The van der Waals surface area contributed by atoms with Gasteiger partial charge in [-0.05, 0) is 30.5 Å². The third-order valence-electron chi connectivity index (χ3n) is 2.12. The molecule has 0 spiro atoms. The van der Waals surface area contributed by atoms with E-state index in [1.807, 2.05) is 18.4 Å². The van der Waals surface area contributed by atoms with Crippen LogP contribution < -0.4 is 16.8 Å². The van der Waals surface area contributed by atoms with Crippen LogP contribution in [0.2, 0.25) is 0 Å². The minimum Gasteiger partial charge on any atom is -0.370 e. The second-order valence-corrected chi connectivity index (χ2v) is 4.37. The van der Waals surface area contributed by atoms with Crippen molar-refractivity contribution in [1.29, 1.82) is 0 Å². The zero-order chi connectivity index (χ0) is 12.8. The first-order chi connectivity index (χ1) is 8.02. The van der Waals surface area contributed by atoms with E-state index in [0.29, 0.717) is 5.69 Å². The lowest BCUT2D eigenvalue weighted by molar-refractivity contribution is -0.123. The molecular formula is C11H16ClN3O2S. The summed E-state index contributed by atoms with van der Waals surface area (Å²) >= 11 is 1.61. The summed E-state index contributed by atoms with van der Waals surface area (Å²) < 4.78 is 0. The second-order valence-electron chi connectivity index (χ2n) is 3.49. The molecule has 100 valence electrons. The number of halogens is 1. The fraction of sp³-hybridized carbons (Fsp3) is 0.273. The van der Waals surface area contributed by atoms with E-state index in [1.54, 1.807) is 23.9 Å². The fourth-order valence-electron chi connectivity index (χ4n) is 1.22. The van der Waals surface area contributed by atoms with Crippen molar-refractivity contribution in [3.63, 3.8) is 0 Å². The third-order valence-corrected chi connectivity index (χ3v) is 2.86. The summed E-state index contributed by atoms with van der Waals surface area (Å²) in [4.78, 5) is 23.3. The summed E-state index contributed by atoms with van der Waals surface area (Å²) in [6.45, 7) is 0. The van der Waals surface area contributed by atoms with E-state index < -0.39 is 17.9 Å². The van der Waals surface area contributed by atoms with Gasteiger partial charge in [0.25, 0.3) is 0 Å². The molecule has 7 heteroatoms. The highest BCUT2D eigenvalue weighted by Crippen LogP contribution is 2.17. The number of hydrogen-bond acceptors (Lipinski definition) is 4. The number of hydrogen-bond donors (Lipinski definition) is 3. The summed E-state index contributed by atoms with van der Waals surface area (Å²) in [6, 6.07) is 6.43. The molecular weight excluding hydrogens is 274 g/mol. The quantitative estimate of drug-likeness (QED) is 0.704. The Morgan fingerprint density at radius 2 is 1.89 bits per heavy atom. The van der Waals surface area contributed by atoms with Crippen LogP contribution in [0.15, 0.2) is 29.2 Å². The number of nitrogens with two attached hydrogens (primary N) is 2. The van der Waals surface area contributed by atoms with Gasteiger partial charge >= 0.3 is 0 Å². The Kier molecular flexibility index (Phi) is 7.42. The van der Waals surface area contributed by atoms with E-state index >= 15 is 0 Å². The predicted octanol–water partition coefficient (Wildman–Crippen LogP) is 0.971. The maximum atomic E-state index is 11.6. The van der Waals surface area contributed by atoms with Gasteiger partial charge in [-0.15, -0.1) is 24.2 Å². The molecule has 1 atom stereocenters. The average molecular weight is 290 g/mol. The van der Waals surface area contributed by atoms with Crippen LogP contribution in [-0.4, -0.2) is 24.1 Å². The molecule has 0 aliphatic rings. The zero-order valence-corrected chi connectivity index (χ0v) is 11.5. The summed E-state index contributed by atoms with van der Waals surface area (Å²) in [5, 5.41) is 2.62. The SMILES string of the molecule is CSc1ccc(NC(=O)C(N)CC(N)=O)cc1.Cl. The van der Waals surface area contributed by atoms with Crippen LogP contribution in [0.4, 0.5) is 5.69 Å². The first-order valence-electron chi connectivity index (χ1n) is 5.01. The predicted molar refractivity (Wildman–Crippen MR) is 75.9 cm³/mol. The molecule has 0 aliphatic carbocycles. The van der Waals surface area contributed by atoms with E-state index in [-0.39, 0.29) is 18.8 Å². The smallest absolute Gasteiger partial charge is 0.241 e. The number of benzene rings is 1. The average Bonchev–Trinajstić information content (AvgIpc) is 2.29. The van der Waals surface area contributed by atoms with Crippen molar-refractivity contribution in [2.24, 2.45) is 11.5 Å². The van der Waals surface area contributed by atoms with E-state index in [1.165, 1.54) is 0 Å². The molecule has 2 amide bonds. The molecule has 5 N–H and O–H groups in total. The first-order valence-corrected chi connectivity index (χ1v) is 6.24. The number of carbonyl (C=O) groups is 2. The van der Waals surface area contributed by atoms with Gasteiger partial charge in [0.15, 0.2) is 0 Å². The molecule has 0 aliphatic heterocycles. The fourth-order valence-corrected chi connectivity index (χ4v) is 1.63. The van der Waals surface area contributed by atoms with Gasteiger partial charge in [-0.1, -0.05) is 0 Å². The van der Waals surface area contributed by atoms with Gasteiger partial charge in [0.05, 0.1) is 12.5 Å². The van der Waals surface area contributed by atoms with Crippen molar-refractivity contribution in [3.8, 4) is 0 Å². The molecule has 0 saturated carbocycles. The van der Waals surface area contributed by atoms with Crippen molar-refractivity contribution >= 4 is 41.7 Å². The van der Waals surface area contributed by atoms with E-state index in [0.717, 1.165) is 4.90 Å². The van der Waals surface area contributed by atoms with Crippen LogP contribution in [0.3, 0.4) is 0 Å². The molecule has 0 saturated heterocycles. The highest BCUT2D eigenvalue weighted by atomic mass is 35.5. The molecule has 1 aromatic carbocycles. The van der Waals surface area contributed by atoms with Gasteiger partial charge in [-0.25, -0.2) is 0 Å². The van der Waals surface area contributed by atoms with Crippen molar-refractivity contribution in [3.05, 3.63) is 24.3 Å². The summed E-state index contributed by atoms with van der Waals surface area (Å²) in [5.41, 5.74) is 11.1. The second kappa shape index (κ2) is 7.97. The molecule has 1 rings (SSSR count). The van der Waals surface area contributed by atoms with Crippen molar-refractivity contribution < 1.29 is 9.59 Å². The molecule has 0 aromatic heterocycles. The van der Waals surface area contributed by atoms with E-state index in [9.17, 15) is 9.59 Å². The number of nitrogens with one attached hydrogen (secondary N) is 1. The zero-order valence-electron chi connectivity index (χ0n) is 9.88. The number of thioether (sulfide) groups is 1. The summed E-state index contributed by atoms with van der Waals surface area (Å²) in [7, 11) is 0. The van der Waals surface area contributed by atoms with Gasteiger partial charge in [-0.3, -0.25) is 9.59 Å². The minimum absolute atomic E-state index is 0. The Labute approximate surface area is 116 Å². The third kappa shape index (κ3) is 5.39. The van der Waals surface area contributed by atoms with Crippen molar-refractivity contribution in [2.75, 3.05) is 11.6 Å². The Hall–Kier alpha value is -1.24. The van der Waals surface area contributed by atoms with Crippen molar-refractivity contribution in [2.45, 2.75) is 17.4 Å². The number of rotatable bonds is 5. The lowest BCUT2D eigenvalue weighted by Crippen LogP contribution is -2.38. The normalized spacial score (nSPS) is 11.2. The van der Waals surface area contributed by atoms with Crippen LogP contribution in [0.25, 0.3) is 0 Å². The minimum atomic E-state index is -0.910. The number of carbonyl (C=O) groups excluding carboxylic acids is 2. The number of anilines is 1. The monoisotopic (exact) mass is 289 g/mol. The Bertz CT molecular complexity index is 411. The van der Waals surface area contributed by atoms with Gasteiger partial charge < -0.3 is 16.8 Å². The highest BCUT2D eigenvalue weighted by Gasteiger charge is 2.15. The van der Waals surface area contributed by atoms with Crippen LogP contribution in [-0.2, 0) is 9.59 Å². The molecule has 0 fully saturated rings. The highest BCUT2D eigenvalue weighted by molar-refractivity contribution is 7.98. The molecule has 1 aromatic rings. The first kappa shape index (κ1) is 16.8.